The highest BCUT2D eigenvalue weighted by molar-refractivity contribution is 5.96. The zero-order valence-corrected chi connectivity index (χ0v) is 15.8. The van der Waals surface area contributed by atoms with E-state index in [0.29, 0.717) is 22.5 Å². The molecule has 0 unspecified atom stereocenters. The Morgan fingerprint density at radius 1 is 0.933 bits per heavy atom. The molecule has 0 radical (unpaired) electrons. The first-order valence-corrected chi connectivity index (χ1v) is 9.20. The fraction of sp³-hybridized carbons (Fsp3) is 0.0870. The fourth-order valence-corrected chi connectivity index (χ4v) is 3.05. The van der Waals surface area contributed by atoms with Gasteiger partial charge in [-0.2, -0.15) is 0 Å². The third kappa shape index (κ3) is 4.15. The van der Waals surface area contributed by atoms with Gasteiger partial charge in [-0.1, -0.05) is 48.5 Å². The standard InChI is InChI=1S/C23H17NO6/c25-23(29-14-16-7-6-8-17(13-16)24(26)27)22-20(15-28-18-9-2-1-3-10-18)19-11-4-5-12-21(19)30-22/h1-13H,14-15H2. The average molecular weight is 403 g/mol. The number of carbonyl (C=O) groups is 1. The van der Waals surface area contributed by atoms with Crippen molar-refractivity contribution in [3.63, 3.8) is 0 Å². The molecular weight excluding hydrogens is 386 g/mol. The lowest BCUT2D eigenvalue weighted by atomic mass is 10.1. The molecule has 0 atom stereocenters. The molecule has 0 aliphatic heterocycles. The van der Waals surface area contributed by atoms with Crippen molar-refractivity contribution in [3.05, 3.63) is 106 Å². The van der Waals surface area contributed by atoms with Crippen LogP contribution in [-0.2, 0) is 18.0 Å². The van der Waals surface area contributed by atoms with Gasteiger partial charge in [0.2, 0.25) is 5.76 Å². The number of benzene rings is 3. The van der Waals surface area contributed by atoms with Gasteiger partial charge in [-0.15, -0.1) is 0 Å². The van der Waals surface area contributed by atoms with Gasteiger partial charge in [-0.05, 0) is 23.8 Å². The normalized spacial score (nSPS) is 10.7. The summed E-state index contributed by atoms with van der Waals surface area (Å²) in [4.78, 5) is 23.2. The number of nitro groups is 1. The van der Waals surface area contributed by atoms with Crippen molar-refractivity contribution in [1.29, 1.82) is 0 Å². The van der Waals surface area contributed by atoms with Crippen molar-refractivity contribution in [2.75, 3.05) is 0 Å². The van der Waals surface area contributed by atoms with Gasteiger partial charge in [0.15, 0.2) is 0 Å². The van der Waals surface area contributed by atoms with Crippen molar-refractivity contribution >= 4 is 22.6 Å². The number of para-hydroxylation sites is 2. The summed E-state index contributed by atoms with van der Waals surface area (Å²) < 4.78 is 16.9. The molecule has 1 aromatic heterocycles. The van der Waals surface area contributed by atoms with Crippen molar-refractivity contribution in [3.8, 4) is 5.75 Å². The van der Waals surface area contributed by atoms with Crippen LogP contribution in [0.25, 0.3) is 11.0 Å². The smallest absolute Gasteiger partial charge is 0.375 e. The maximum Gasteiger partial charge on any atom is 0.375 e. The van der Waals surface area contributed by atoms with Crippen molar-refractivity contribution < 1.29 is 23.6 Å². The topological polar surface area (TPSA) is 91.8 Å². The molecule has 1 heterocycles. The largest absolute Gasteiger partial charge is 0.489 e. The number of nitrogens with zero attached hydrogens (tertiary/aromatic N) is 1. The van der Waals surface area contributed by atoms with E-state index >= 15 is 0 Å². The Morgan fingerprint density at radius 2 is 1.70 bits per heavy atom. The Balaban J connectivity index is 1.56. The zero-order chi connectivity index (χ0) is 20.9. The van der Waals surface area contributed by atoms with Gasteiger partial charge in [0, 0.05) is 17.5 Å². The summed E-state index contributed by atoms with van der Waals surface area (Å²) in [6, 6.07) is 22.5. The summed E-state index contributed by atoms with van der Waals surface area (Å²) in [6.45, 7) is 0.0127. The third-order valence-corrected chi connectivity index (χ3v) is 4.50. The molecule has 0 fully saturated rings. The predicted octanol–water partition coefficient (Wildman–Crippen LogP) is 5.28. The second-order valence-corrected chi connectivity index (χ2v) is 6.51. The van der Waals surface area contributed by atoms with Crippen molar-refractivity contribution in [2.24, 2.45) is 0 Å². The van der Waals surface area contributed by atoms with Crippen LogP contribution < -0.4 is 4.74 Å². The molecule has 3 aromatic carbocycles. The molecule has 4 rings (SSSR count). The molecule has 0 amide bonds. The van der Waals surface area contributed by atoms with Gasteiger partial charge in [0.25, 0.3) is 5.69 Å². The van der Waals surface area contributed by atoms with Crippen LogP contribution in [0.5, 0.6) is 5.75 Å². The van der Waals surface area contributed by atoms with E-state index in [9.17, 15) is 14.9 Å². The predicted molar refractivity (Wildman–Crippen MR) is 109 cm³/mol. The molecule has 0 bridgehead atoms. The number of hydrogen-bond donors (Lipinski definition) is 0. The lowest BCUT2D eigenvalue weighted by Crippen LogP contribution is -2.08. The Kier molecular flexibility index (Phi) is 5.43. The van der Waals surface area contributed by atoms with Crippen LogP contribution in [0.4, 0.5) is 5.69 Å². The molecule has 0 aliphatic rings. The van der Waals surface area contributed by atoms with Gasteiger partial charge in [0.1, 0.15) is 24.5 Å². The summed E-state index contributed by atoms with van der Waals surface area (Å²) in [5, 5.41) is 11.7. The minimum Gasteiger partial charge on any atom is -0.489 e. The van der Waals surface area contributed by atoms with E-state index in [4.69, 9.17) is 13.9 Å². The highest BCUT2D eigenvalue weighted by Crippen LogP contribution is 2.28. The maximum atomic E-state index is 12.7. The quantitative estimate of drug-likeness (QED) is 0.237. The molecule has 0 saturated heterocycles. The van der Waals surface area contributed by atoms with Crippen LogP contribution in [0.1, 0.15) is 21.7 Å². The van der Waals surface area contributed by atoms with E-state index in [2.05, 4.69) is 0 Å². The first-order chi connectivity index (χ1) is 14.6. The number of nitro benzene ring substituents is 1. The summed E-state index contributed by atoms with van der Waals surface area (Å²) in [5.74, 6) is 0.0561. The molecule has 7 heteroatoms. The van der Waals surface area contributed by atoms with Gasteiger partial charge < -0.3 is 13.9 Å². The number of furan rings is 1. The molecule has 4 aromatic rings. The number of esters is 1. The number of fused-ring (bicyclic) bond motifs is 1. The highest BCUT2D eigenvalue weighted by Gasteiger charge is 2.22. The molecule has 30 heavy (non-hydrogen) atoms. The van der Waals surface area contributed by atoms with Crippen LogP contribution in [0, 0.1) is 10.1 Å². The Hall–Kier alpha value is -4.13. The first kappa shape index (κ1) is 19.2. The van der Waals surface area contributed by atoms with Gasteiger partial charge >= 0.3 is 5.97 Å². The number of ether oxygens (including phenoxy) is 2. The number of hydrogen-bond acceptors (Lipinski definition) is 6. The first-order valence-electron chi connectivity index (χ1n) is 9.20. The minimum absolute atomic E-state index is 0.0533. The van der Waals surface area contributed by atoms with Crippen LogP contribution >= 0.6 is 0 Å². The van der Waals surface area contributed by atoms with Gasteiger partial charge in [0.05, 0.1) is 10.5 Å². The second kappa shape index (κ2) is 8.48. The van der Waals surface area contributed by atoms with Gasteiger partial charge in [-0.25, -0.2) is 4.79 Å². The monoisotopic (exact) mass is 403 g/mol. The maximum absolute atomic E-state index is 12.7. The fourth-order valence-electron chi connectivity index (χ4n) is 3.05. The molecule has 0 spiro atoms. The molecule has 7 nitrogen and oxygen atoms in total. The number of carbonyl (C=O) groups excluding carboxylic acids is 1. The van der Waals surface area contributed by atoms with Crippen LogP contribution in [0.15, 0.2) is 83.3 Å². The summed E-state index contributed by atoms with van der Waals surface area (Å²) in [5.41, 5.74) is 1.57. The lowest BCUT2D eigenvalue weighted by molar-refractivity contribution is -0.384. The number of non-ortho nitro benzene ring substituents is 1. The van der Waals surface area contributed by atoms with Crippen LogP contribution in [0.2, 0.25) is 0 Å². The third-order valence-electron chi connectivity index (χ3n) is 4.50. The lowest BCUT2D eigenvalue weighted by Gasteiger charge is -2.07. The van der Waals surface area contributed by atoms with Crippen molar-refractivity contribution in [2.45, 2.75) is 13.2 Å². The van der Waals surface area contributed by atoms with E-state index in [-0.39, 0.29) is 24.7 Å². The van der Waals surface area contributed by atoms with Gasteiger partial charge in [-0.3, -0.25) is 10.1 Å². The zero-order valence-electron chi connectivity index (χ0n) is 15.8. The molecule has 150 valence electrons. The molecule has 0 saturated carbocycles. The molecule has 0 aliphatic carbocycles. The van der Waals surface area contributed by atoms with E-state index in [0.717, 1.165) is 5.39 Å². The van der Waals surface area contributed by atoms with Crippen molar-refractivity contribution in [1.82, 2.24) is 0 Å². The van der Waals surface area contributed by atoms with Crippen LogP contribution in [0.3, 0.4) is 0 Å². The Bertz CT molecular complexity index is 1200. The van der Waals surface area contributed by atoms with E-state index < -0.39 is 10.9 Å². The molecular formula is C23H17NO6. The Morgan fingerprint density at radius 3 is 2.50 bits per heavy atom. The summed E-state index contributed by atoms with van der Waals surface area (Å²) >= 11 is 0. The summed E-state index contributed by atoms with van der Waals surface area (Å²) in [6.07, 6.45) is 0. The minimum atomic E-state index is -0.663. The van der Waals surface area contributed by atoms with E-state index in [1.165, 1.54) is 12.1 Å². The highest BCUT2D eigenvalue weighted by atomic mass is 16.6. The molecule has 0 N–H and O–H groups in total. The van der Waals surface area contributed by atoms with E-state index in [1.54, 1.807) is 18.2 Å². The summed E-state index contributed by atoms with van der Waals surface area (Å²) in [7, 11) is 0. The average Bonchev–Trinajstić information content (AvgIpc) is 3.15. The van der Waals surface area contributed by atoms with E-state index in [1.807, 2.05) is 48.5 Å². The van der Waals surface area contributed by atoms with Crippen LogP contribution in [-0.4, -0.2) is 10.9 Å². The SMILES string of the molecule is O=C(OCc1cccc([N+](=O)[O-])c1)c1oc2ccccc2c1COc1ccccc1. The Labute approximate surface area is 171 Å². The number of rotatable bonds is 7. The second-order valence-electron chi connectivity index (χ2n) is 6.51.